The van der Waals surface area contributed by atoms with E-state index < -0.39 is 42.9 Å². The van der Waals surface area contributed by atoms with Crippen LogP contribution in [0.2, 0.25) is 0 Å². The van der Waals surface area contributed by atoms with Gasteiger partial charge in [0, 0.05) is 12.3 Å². The predicted molar refractivity (Wildman–Crippen MR) is 100 cm³/mol. The summed E-state index contributed by atoms with van der Waals surface area (Å²) in [6.45, 7) is 7.64. The minimum absolute atomic E-state index is 0.0642. The van der Waals surface area contributed by atoms with Crippen LogP contribution in [0.25, 0.3) is 0 Å². The summed E-state index contributed by atoms with van der Waals surface area (Å²) in [5.41, 5.74) is 0.396. The number of ether oxygens (including phenoxy) is 3. The highest BCUT2D eigenvalue weighted by atomic mass is 16.7. The standard InChI is InChI=1S/C21H32O8/c1-9-6-14-12(10(2)19(26)27-14)7-13-11(9)4-5-21(13,3)29-20-18(25)17(24)16(23)15(8-22)28-20/h10-18,20,22-25H,1,4-8H2,2-3H3/t10-,11+,12+,13+,14+,15+,16+,17-,18+,20-,21+/m0/s1. The molecule has 4 rings (SSSR count). The average molecular weight is 412 g/mol. The van der Waals surface area contributed by atoms with Crippen LogP contribution in [0, 0.1) is 23.7 Å². The highest BCUT2D eigenvalue weighted by molar-refractivity contribution is 5.75. The Labute approximate surface area is 170 Å². The zero-order valence-electron chi connectivity index (χ0n) is 16.9. The molecule has 2 saturated carbocycles. The van der Waals surface area contributed by atoms with Gasteiger partial charge in [-0.05, 0) is 38.0 Å². The number of rotatable bonds is 3. The van der Waals surface area contributed by atoms with Crippen molar-refractivity contribution in [1.29, 1.82) is 0 Å². The molecule has 0 unspecified atom stereocenters. The molecule has 2 aliphatic heterocycles. The number of esters is 1. The summed E-state index contributed by atoms with van der Waals surface area (Å²) in [6.07, 6.45) is -3.63. The molecule has 0 bridgehead atoms. The predicted octanol–water partition coefficient (Wildman–Crippen LogP) is 0.115. The van der Waals surface area contributed by atoms with E-state index in [-0.39, 0.29) is 35.7 Å². The van der Waals surface area contributed by atoms with Crippen LogP contribution in [0.15, 0.2) is 12.2 Å². The van der Waals surface area contributed by atoms with Crippen LogP contribution in [0.3, 0.4) is 0 Å². The van der Waals surface area contributed by atoms with Gasteiger partial charge in [-0.1, -0.05) is 19.1 Å². The van der Waals surface area contributed by atoms with E-state index in [2.05, 4.69) is 6.58 Å². The van der Waals surface area contributed by atoms with Crippen LogP contribution in [0.1, 0.15) is 39.5 Å². The number of hydrogen-bond acceptors (Lipinski definition) is 8. The molecule has 2 aliphatic carbocycles. The smallest absolute Gasteiger partial charge is 0.309 e. The van der Waals surface area contributed by atoms with Gasteiger partial charge >= 0.3 is 5.97 Å². The molecule has 29 heavy (non-hydrogen) atoms. The number of carbonyl (C=O) groups is 1. The summed E-state index contributed by atoms with van der Waals surface area (Å²) < 4.78 is 17.4. The molecule has 0 radical (unpaired) electrons. The molecule has 4 N–H and O–H groups in total. The number of carbonyl (C=O) groups excluding carboxylic acids is 1. The Morgan fingerprint density at radius 2 is 1.97 bits per heavy atom. The van der Waals surface area contributed by atoms with Crippen LogP contribution in [0.5, 0.6) is 0 Å². The Morgan fingerprint density at radius 1 is 1.24 bits per heavy atom. The summed E-state index contributed by atoms with van der Waals surface area (Å²) in [5.74, 6) is 0.0326. The third-order valence-corrected chi connectivity index (χ3v) is 7.73. The van der Waals surface area contributed by atoms with Crippen molar-refractivity contribution in [1.82, 2.24) is 0 Å². The average Bonchev–Trinajstić information content (AvgIpc) is 3.08. The molecule has 4 aliphatic rings. The third-order valence-electron chi connectivity index (χ3n) is 7.73. The normalized spacial score (nSPS) is 52.6. The van der Waals surface area contributed by atoms with E-state index in [0.29, 0.717) is 6.42 Å². The molecule has 2 heterocycles. The Kier molecular flexibility index (Phi) is 5.55. The van der Waals surface area contributed by atoms with E-state index in [4.69, 9.17) is 14.2 Å². The lowest BCUT2D eigenvalue weighted by molar-refractivity contribution is -0.329. The topological polar surface area (TPSA) is 126 Å². The molecule has 2 saturated heterocycles. The van der Waals surface area contributed by atoms with E-state index in [1.165, 1.54) is 0 Å². The van der Waals surface area contributed by atoms with E-state index in [9.17, 15) is 25.2 Å². The third kappa shape index (κ3) is 3.43. The van der Waals surface area contributed by atoms with Crippen molar-refractivity contribution in [3.63, 3.8) is 0 Å². The van der Waals surface area contributed by atoms with E-state index in [0.717, 1.165) is 24.8 Å². The molecule has 11 atom stereocenters. The number of aliphatic hydroxyl groups is 4. The van der Waals surface area contributed by atoms with Gasteiger partial charge in [0.15, 0.2) is 6.29 Å². The van der Waals surface area contributed by atoms with Crippen LogP contribution < -0.4 is 0 Å². The fraction of sp³-hybridized carbons (Fsp3) is 0.857. The second-order valence-electron chi connectivity index (χ2n) is 9.41. The molecule has 0 spiro atoms. The maximum atomic E-state index is 12.1. The van der Waals surface area contributed by atoms with Gasteiger partial charge in [0.05, 0.1) is 18.1 Å². The van der Waals surface area contributed by atoms with Crippen LogP contribution in [-0.2, 0) is 19.0 Å². The fourth-order valence-corrected chi connectivity index (χ4v) is 5.83. The van der Waals surface area contributed by atoms with Crippen molar-refractivity contribution in [3.05, 3.63) is 12.2 Å². The number of hydrogen-bond donors (Lipinski definition) is 4. The van der Waals surface area contributed by atoms with Crippen molar-refractivity contribution in [2.45, 2.75) is 81.9 Å². The number of aliphatic hydroxyl groups excluding tert-OH is 4. The summed E-state index contributed by atoms with van der Waals surface area (Å²) in [7, 11) is 0. The second kappa shape index (κ2) is 7.59. The Hall–Kier alpha value is -1.03. The van der Waals surface area contributed by atoms with Crippen LogP contribution >= 0.6 is 0 Å². The first-order chi connectivity index (χ1) is 13.7. The molecule has 0 aromatic heterocycles. The number of fused-ring (bicyclic) bond motifs is 2. The van der Waals surface area contributed by atoms with E-state index in [1.54, 1.807) is 0 Å². The molecule has 0 amide bonds. The van der Waals surface area contributed by atoms with Gasteiger partial charge in [0.2, 0.25) is 0 Å². The summed E-state index contributed by atoms with van der Waals surface area (Å²) in [5, 5.41) is 39.9. The molecule has 8 nitrogen and oxygen atoms in total. The van der Waals surface area contributed by atoms with Crippen molar-refractivity contribution in [2.24, 2.45) is 23.7 Å². The summed E-state index contributed by atoms with van der Waals surface area (Å²) in [4.78, 5) is 12.1. The zero-order valence-corrected chi connectivity index (χ0v) is 16.9. The van der Waals surface area contributed by atoms with Gasteiger partial charge in [0.1, 0.15) is 30.5 Å². The monoisotopic (exact) mass is 412 g/mol. The first-order valence-corrected chi connectivity index (χ1v) is 10.5. The summed E-state index contributed by atoms with van der Waals surface area (Å²) in [6, 6.07) is 0. The Bertz CT molecular complexity index is 665. The molecule has 4 fully saturated rings. The minimum Gasteiger partial charge on any atom is -0.461 e. The maximum Gasteiger partial charge on any atom is 0.309 e. The van der Waals surface area contributed by atoms with Crippen molar-refractivity contribution in [2.75, 3.05) is 6.61 Å². The van der Waals surface area contributed by atoms with E-state index >= 15 is 0 Å². The fourth-order valence-electron chi connectivity index (χ4n) is 5.83. The van der Waals surface area contributed by atoms with Crippen molar-refractivity contribution >= 4 is 5.97 Å². The van der Waals surface area contributed by atoms with Crippen molar-refractivity contribution in [3.8, 4) is 0 Å². The van der Waals surface area contributed by atoms with Gasteiger partial charge < -0.3 is 34.6 Å². The quantitative estimate of drug-likeness (QED) is 0.380. The van der Waals surface area contributed by atoms with Gasteiger partial charge in [-0.15, -0.1) is 0 Å². The van der Waals surface area contributed by atoms with Gasteiger partial charge in [-0.25, -0.2) is 0 Å². The molecule has 164 valence electrons. The zero-order chi connectivity index (χ0) is 21.1. The van der Waals surface area contributed by atoms with Gasteiger partial charge in [-0.3, -0.25) is 4.79 Å². The van der Waals surface area contributed by atoms with Crippen molar-refractivity contribution < 1.29 is 39.4 Å². The van der Waals surface area contributed by atoms with Crippen LogP contribution in [0.4, 0.5) is 0 Å². The molecule has 8 heteroatoms. The van der Waals surface area contributed by atoms with Crippen LogP contribution in [-0.4, -0.2) is 75.4 Å². The highest BCUT2D eigenvalue weighted by Crippen LogP contribution is 2.55. The lowest BCUT2D eigenvalue weighted by Gasteiger charge is -2.44. The lowest BCUT2D eigenvalue weighted by Crippen LogP contribution is -2.61. The molecule has 0 aromatic rings. The maximum absolute atomic E-state index is 12.1. The minimum atomic E-state index is -1.47. The lowest BCUT2D eigenvalue weighted by atomic mass is 9.77. The largest absolute Gasteiger partial charge is 0.461 e. The molecule has 0 aromatic carbocycles. The molecular weight excluding hydrogens is 380 g/mol. The first kappa shape index (κ1) is 21.2. The Balaban J connectivity index is 1.56. The van der Waals surface area contributed by atoms with E-state index in [1.807, 2.05) is 13.8 Å². The Morgan fingerprint density at radius 3 is 2.66 bits per heavy atom. The van der Waals surface area contributed by atoms with Gasteiger partial charge in [0.25, 0.3) is 0 Å². The second-order valence-corrected chi connectivity index (χ2v) is 9.41. The van der Waals surface area contributed by atoms with Gasteiger partial charge in [-0.2, -0.15) is 0 Å². The SMILES string of the molecule is C=C1C[C@H]2OC(=O)[C@@H](C)[C@H]2C[C@@H]2[C@@H]1CC[C@@]2(C)O[C@@H]1O[C@H](CO)[C@@H](O)[C@H](O)[C@H]1O. The first-order valence-electron chi connectivity index (χ1n) is 10.5. The molecular formula is C21H32O8. The summed E-state index contributed by atoms with van der Waals surface area (Å²) >= 11 is 0. The highest BCUT2D eigenvalue weighted by Gasteiger charge is 2.56.